The molecule has 0 unspecified atom stereocenters. The fourth-order valence-corrected chi connectivity index (χ4v) is 3.92. The molecule has 0 atom stereocenters. The third-order valence-corrected chi connectivity index (χ3v) is 5.18. The molecular formula is C20H25NO5S2. The molecule has 1 aromatic rings. The van der Waals surface area contributed by atoms with Crippen LogP contribution in [0.2, 0.25) is 0 Å². The smallest absolute Gasteiger partial charge is 0.305 e. The summed E-state index contributed by atoms with van der Waals surface area (Å²) in [5, 5.41) is 0. The second-order valence-corrected chi connectivity index (χ2v) is 7.49. The van der Waals surface area contributed by atoms with E-state index < -0.39 is 0 Å². The molecule has 1 aliphatic rings. The zero-order valence-electron chi connectivity index (χ0n) is 16.4. The Kier molecular flexibility index (Phi) is 8.79. The minimum atomic E-state index is -0.263. The predicted octanol–water partition coefficient (Wildman–Crippen LogP) is 4.03. The van der Waals surface area contributed by atoms with Gasteiger partial charge in [0, 0.05) is 13.0 Å². The molecule has 28 heavy (non-hydrogen) atoms. The van der Waals surface area contributed by atoms with Gasteiger partial charge in [-0.25, -0.2) is 0 Å². The lowest BCUT2D eigenvalue weighted by Crippen LogP contribution is -2.29. The molecule has 0 aliphatic carbocycles. The molecule has 152 valence electrons. The molecule has 1 heterocycles. The van der Waals surface area contributed by atoms with Crippen molar-refractivity contribution < 1.29 is 23.8 Å². The van der Waals surface area contributed by atoms with Crippen molar-refractivity contribution in [2.45, 2.75) is 33.6 Å². The van der Waals surface area contributed by atoms with Crippen molar-refractivity contribution in [3.05, 3.63) is 28.7 Å². The summed E-state index contributed by atoms with van der Waals surface area (Å²) in [6.45, 7) is 7.40. The molecule has 1 amide bonds. The fourth-order valence-electron chi connectivity index (χ4n) is 2.62. The molecule has 8 heteroatoms. The monoisotopic (exact) mass is 423 g/mol. The third kappa shape index (κ3) is 5.97. The van der Waals surface area contributed by atoms with Crippen molar-refractivity contribution >= 4 is 46.3 Å². The first-order valence-electron chi connectivity index (χ1n) is 9.30. The number of rotatable bonds is 10. The molecule has 0 N–H and O–H groups in total. The molecule has 6 nitrogen and oxygen atoms in total. The lowest BCUT2D eigenvalue weighted by Gasteiger charge is -2.13. The van der Waals surface area contributed by atoms with E-state index in [0.717, 1.165) is 5.56 Å². The normalized spacial score (nSPS) is 15.2. The van der Waals surface area contributed by atoms with Crippen LogP contribution in [0.3, 0.4) is 0 Å². The maximum atomic E-state index is 12.7. The van der Waals surface area contributed by atoms with E-state index in [1.807, 2.05) is 32.0 Å². The van der Waals surface area contributed by atoms with Crippen molar-refractivity contribution in [3.8, 4) is 11.5 Å². The summed E-state index contributed by atoms with van der Waals surface area (Å²) < 4.78 is 16.6. The Morgan fingerprint density at radius 3 is 2.54 bits per heavy atom. The molecule has 0 aromatic heterocycles. The number of hydrogen-bond donors (Lipinski definition) is 0. The molecule has 1 fully saturated rings. The van der Waals surface area contributed by atoms with Crippen LogP contribution in [0.15, 0.2) is 23.1 Å². The van der Waals surface area contributed by atoms with Crippen LogP contribution in [0.4, 0.5) is 0 Å². The Hall–Kier alpha value is -2.06. The van der Waals surface area contributed by atoms with Crippen molar-refractivity contribution in [1.29, 1.82) is 0 Å². The minimum Gasteiger partial charge on any atom is -0.490 e. The lowest BCUT2D eigenvalue weighted by molar-refractivity contribution is -0.143. The molecule has 2 rings (SSSR count). The zero-order chi connectivity index (χ0) is 20.5. The van der Waals surface area contributed by atoms with Crippen LogP contribution in [0.25, 0.3) is 6.08 Å². The van der Waals surface area contributed by atoms with Gasteiger partial charge in [-0.15, -0.1) is 0 Å². The van der Waals surface area contributed by atoms with E-state index in [-0.39, 0.29) is 18.3 Å². The molecule has 0 spiro atoms. The van der Waals surface area contributed by atoms with Crippen molar-refractivity contribution in [2.24, 2.45) is 0 Å². The second kappa shape index (κ2) is 11.1. The van der Waals surface area contributed by atoms with Gasteiger partial charge in [-0.1, -0.05) is 30.0 Å². The van der Waals surface area contributed by atoms with Crippen LogP contribution in [0, 0.1) is 0 Å². The number of nitrogens with zero attached hydrogens (tertiary/aromatic N) is 1. The first kappa shape index (κ1) is 22.2. The van der Waals surface area contributed by atoms with Gasteiger partial charge in [0.05, 0.1) is 24.7 Å². The van der Waals surface area contributed by atoms with E-state index >= 15 is 0 Å². The van der Waals surface area contributed by atoms with E-state index in [1.54, 1.807) is 13.0 Å². The number of esters is 1. The van der Waals surface area contributed by atoms with Gasteiger partial charge in [0.2, 0.25) is 0 Å². The Morgan fingerprint density at radius 1 is 1.14 bits per heavy atom. The van der Waals surface area contributed by atoms with Gasteiger partial charge in [0.1, 0.15) is 4.32 Å². The van der Waals surface area contributed by atoms with Gasteiger partial charge in [-0.05, 0) is 51.0 Å². The first-order chi connectivity index (χ1) is 13.5. The number of thioether (sulfide) groups is 1. The highest BCUT2D eigenvalue weighted by Gasteiger charge is 2.31. The Morgan fingerprint density at radius 2 is 1.86 bits per heavy atom. The summed E-state index contributed by atoms with van der Waals surface area (Å²) in [5.74, 6) is 0.906. The van der Waals surface area contributed by atoms with Crippen LogP contribution >= 0.6 is 24.0 Å². The summed E-state index contributed by atoms with van der Waals surface area (Å²) in [5.41, 5.74) is 0.832. The third-order valence-electron chi connectivity index (χ3n) is 3.81. The number of benzene rings is 1. The quantitative estimate of drug-likeness (QED) is 0.320. The SMILES string of the molecule is CCOC(=O)CCCN1C(=O)/C(=C/c2ccc(OCC)c(OCC)c2)SC1=S. The molecule has 1 saturated heterocycles. The van der Waals surface area contributed by atoms with Gasteiger partial charge >= 0.3 is 5.97 Å². The summed E-state index contributed by atoms with van der Waals surface area (Å²) in [6.07, 6.45) is 2.57. The van der Waals surface area contributed by atoms with Crippen LogP contribution in [-0.4, -0.2) is 47.5 Å². The van der Waals surface area contributed by atoms with E-state index in [9.17, 15) is 9.59 Å². The second-order valence-electron chi connectivity index (χ2n) is 5.81. The largest absolute Gasteiger partial charge is 0.490 e. The van der Waals surface area contributed by atoms with Gasteiger partial charge in [-0.2, -0.15) is 0 Å². The summed E-state index contributed by atoms with van der Waals surface area (Å²) in [7, 11) is 0. The van der Waals surface area contributed by atoms with Gasteiger partial charge < -0.3 is 14.2 Å². The Bertz CT molecular complexity index is 763. The fraction of sp³-hybridized carbons (Fsp3) is 0.450. The Labute approximate surface area is 175 Å². The molecule has 0 radical (unpaired) electrons. The highest BCUT2D eigenvalue weighted by Crippen LogP contribution is 2.35. The molecular weight excluding hydrogens is 398 g/mol. The van der Waals surface area contributed by atoms with E-state index in [4.69, 9.17) is 26.4 Å². The number of amides is 1. The summed E-state index contributed by atoms with van der Waals surface area (Å²) in [4.78, 5) is 26.2. The maximum absolute atomic E-state index is 12.7. The van der Waals surface area contributed by atoms with E-state index in [0.29, 0.717) is 53.5 Å². The lowest BCUT2D eigenvalue weighted by atomic mass is 10.2. The molecule has 0 bridgehead atoms. The van der Waals surface area contributed by atoms with Crippen LogP contribution in [-0.2, 0) is 14.3 Å². The Balaban J connectivity index is 2.08. The first-order valence-corrected chi connectivity index (χ1v) is 10.5. The molecule has 1 aromatic carbocycles. The number of carbonyl (C=O) groups is 2. The van der Waals surface area contributed by atoms with Crippen molar-refractivity contribution in [1.82, 2.24) is 4.90 Å². The van der Waals surface area contributed by atoms with Crippen LogP contribution in [0.5, 0.6) is 11.5 Å². The van der Waals surface area contributed by atoms with Gasteiger partial charge in [0.15, 0.2) is 11.5 Å². The topological polar surface area (TPSA) is 65.1 Å². The maximum Gasteiger partial charge on any atom is 0.305 e. The van der Waals surface area contributed by atoms with Crippen LogP contribution < -0.4 is 9.47 Å². The van der Waals surface area contributed by atoms with Crippen LogP contribution in [0.1, 0.15) is 39.2 Å². The molecule has 0 saturated carbocycles. The minimum absolute atomic E-state index is 0.147. The average Bonchev–Trinajstić information content (AvgIpc) is 2.92. The van der Waals surface area contributed by atoms with E-state index in [2.05, 4.69) is 0 Å². The zero-order valence-corrected chi connectivity index (χ0v) is 18.0. The summed E-state index contributed by atoms with van der Waals surface area (Å²) >= 11 is 6.59. The highest BCUT2D eigenvalue weighted by atomic mass is 32.2. The number of ether oxygens (including phenoxy) is 3. The average molecular weight is 424 g/mol. The number of carbonyl (C=O) groups excluding carboxylic acids is 2. The van der Waals surface area contributed by atoms with Gasteiger partial charge in [0.25, 0.3) is 5.91 Å². The predicted molar refractivity (Wildman–Crippen MR) is 115 cm³/mol. The molecule has 1 aliphatic heterocycles. The summed E-state index contributed by atoms with van der Waals surface area (Å²) in [6, 6.07) is 5.56. The standard InChI is InChI=1S/C20H25NO5S2/c1-4-24-15-10-9-14(12-16(15)25-5-2)13-17-19(23)21(20(27)28-17)11-7-8-18(22)26-6-3/h9-10,12-13H,4-8,11H2,1-3H3/b17-13-. The number of hydrogen-bond acceptors (Lipinski definition) is 7. The van der Waals surface area contributed by atoms with Crippen molar-refractivity contribution in [3.63, 3.8) is 0 Å². The van der Waals surface area contributed by atoms with E-state index in [1.165, 1.54) is 16.7 Å². The van der Waals surface area contributed by atoms with Gasteiger partial charge in [-0.3, -0.25) is 14.5 Å². The van der Waals surface area contributed by atoms with Crippen molar-refractivity contribution in [2.75, 3.05) is 26.4 Å². The highest BCUT2D eigenvalue weighted by molar-refractivity contribution is 8.26. The number of thiocarbonyl (C=S) groups is 1.